The molecule has 0 aliphatic carbocycles. The van der Waals surface area contributed by atoms with E-state index in [1.807, 2.05) is 24.3 Å². The lowest BCUT2D eigenvalue weighted by Gasteiger charge is -2.00. The minimum atomic E-state index is -0.313. The van der Waals surface area contributed by atoms with Gasteiger partial charge in [-0.1, -0.05) is 24.3 Å². The summed E-state index contributed by atoms with van der Waals surface area (Å²) in [7, 11) is 0. The summed E-state index contributed by atoms with van der Waals surface area (Å²) in [4.78, 5) is 11.0. The van der Waals surface area contributed by atoms with Crippen LogP contribution in [0.15, 0.2) is 36.4 Å². The molecule has 3 heteroatoms. The summed E-state index contributed by atoms with van der Waals surface area (Å²) in [6, 6.07) is 7.58. The standard InChI is InChI=1S/C12H15NO2/c1-2-15-12(14)9-5-7-10-6-3-4-8-11(10)13/h3-6,8-9H,2,7,13H2,1H3. The highest BCUT2D eigenvalue weighted by Gasteiger charge is 1.96. The van der Waals surface area contributed by atoms with Gasteiger partial charge in [0, 0.05) is 11.8 Å². The number of benzene rings is 1. The van der Waals surface area contributed by atoms with Crippen molar-refractivity contribution < 1.29 is 9.53 Å². The van der Waals surface area contributed by atoms with Gasteiger partial charge in [-0.2, -0.15) is 0 Å². The number of allylic oxidation sites excluding steroid dienone is 1. The number of hydrogen-bond donors (Lipinski definition) is 1. The van der Waals surface area contributed by atoms with Crippen LogP contribution in [-0.2, 0) is 16.0 Å². The Bertz CT molecular complexity index is 358. The van der Waals surface area contributed by atoms with Crippen LogP contribution in [0, 0.1) is 0 Å². The molecular formula is C12H15NO2. The van der Waals surface area contributed by atoms with E-state index in [2.05, 4.69) is 0 Å². The Kier molecular flexibility index (Phi) is 4.41. The van der Waals surface area contributed by atoms with E-state index in [1.54, 1.807) is 13.0 Å². The summed E-state index contributed by atoms with van der Waals surface area (Å²) >= 11 is 0. The second-order valence-electron chi connectivity index (χ2n) is 3.06. The molecule has 0 fully saturated rings. The molecule has 0 amide bonds. The Balaban J connectivity index is 2.50. The predicted molar refractivity (Wildman–Crippen MR) is 60.3 cm³/mol. The van der Waals surface area contributed by atoms with Crippen LogP contribution in [0.2, 0.25) is 0 Å². The van der Waals surface area contributed by atoms with Gasteiger partial charge < -0.3 is 10.5 Å². The van der Waals surface area contributed by atoms with Gasteiger partial charge >= 0.3 is 5.97 Å². The zero-order valence-electron chi connectivity index (χ0n) is 8.77. The van der Waals surface area contributed by atoms with Crippen molar-refractivity contribution in [2.75, 3.05) is 12.3 Å². The van der Waals surface area contributed by atoms with Gasteiger partial charge in [-0.05, 0) is 25.0 Å². The number of nitrogens with two attached hydrogens (primary N) is 1. The van der Waals surface area contributed by atoms with Crippen molar-refractivity contribution in [1.82, 2.24) is 0 Å². The molecular weight excluding hydrogens is 190 g/mol. The molecule has 1 aromatic carbocycles. The summed E-state index contributed by atoms with van der Waals surface area (Å²) < 4.78 is 4.75. The molecule has 0 atom stereocenters. The van der Waals surface area contributed by atoms with Crippen molar-refractivity contribution in [3.63, 3.8) is 0 Å². The van der Waals surface area contributed by atoms with Gasteiger partial charge in [-0.3, -0.25) is 0 Å². The maximum atomic E-state index is 11.0. The topological polar surface area (TPSA) is 52.3 Å². The van der Waals surface area contributed by atoms with Crippen LogP contribution in [0.4, 0.5) is 5.69 Å². The number of carbonyl (C=O) groups is 1. The normalized spacial score (nSPS) is 10.5. The van der Waals surface area contributed by atoms with Gasteiger partial charge in [-0.15, -0.1) is 0 Å². The van der Waals surface area contributed by atoms with Crippen LogP contribution in [0.5, 0.6) is 0 Å². The highest BCUT2D eigenvalue weighted by atomic mass is 16.5. The number of nitrogen functional groups attached to an aromatic ring is 1. The van der Waals surface area contributed by atoms with Crippen molar-refractivity contribution in [1.29, 1.82) is 0 Å². The van der Waals surface area contributed by atoms with E-state index < -0.39 is 0 Å². The van der Waals surface area contributed by atoms with Gasteiger partial charge in [0.05, 0.1) is 6.61 Å². The van der Waals surface area contributed by atoms with Crippen LogP contribution in [0.3, 0.4) is 0 Å². The third kappa shape index (κ3) is 3.85. The molecule has 0 bridgehead atoms. The predicted octanol–water partition coefficient (Wildman–Crippen LogP) is 1.93. The molecule has 0 unspecified atom stereocenters. The molecule has 1 aromatic rings. The fourth-order valence-electron chi connectivity index (χ4n) is 1.19. The average Bonchev–Trinajstić information content (AvgIpc) is 2.21. The molecule has 0 radical (unpaired) electrons. The molecule has 0 saturated heterocycles. The van der Waals surface area contributed by atoms with Crippen molar-refractivity contribution >= 4 is 11.7 Å². The van der Waals surface area contributed by atoms with E-state index in [0.717, 1.165) is 11.3 Å². The Morgan fingerprint density at radius 3 is 2.87 bits per heavy atom. The number of rotatable bonds is 4. The number of anilines is 1. The summed E-state index contributed by atoms with van der Waals surface area (Å²) in [5, 5.41) is 0. The zero-order chi connectivity index (χ0) is 11.1. The number of para-hydroxylation sites is 1. The molecule has 2 N–H and O–H groups in total. The van der Waals surface area contributed by atoms with Crippen LogP contribution in [-0.4, -0.2) is 12.6 Å². The highest BCUT2D eigenvalue weighted by Crippen LogP contribution is 2.11. The van der Waals surface area contributed by atoms with Gasteiger partial charge in [0.2, 0.25) is 0 Å². The maximum Gasteiger partial charge on any atom is 0.330 e. The quantitative estimate of drug-likeness (QED) is 0.464. The van der Waals surface area contributed by atoms with Crippen LogP contribution in [0.1, 0.15) is 12.5 Å². The second-order valence-corrected chi connectivity index (χ2v) is 3.06. The lowest BCUT2D eigenvalue weighted by Crippen LogP contribution is -1.99. The van der Waals surface area contributed by atoms with Gasteiger partial charge in [-0.25, -0.2) is 4.79 Å². The molecule has 0 aliphatic heterocycles. The lowest BCUT2D eigenvalue weighted by molar-refractivity contribution is -0.137. The van der Waals surface area contributed by atoms with E-state index in [4.69, 9.17) is 10.5 Å². The van der Waals surface area contributed by atoms with E-state index in [9.17, 15) is 4.79 Å². The Morgan fingerprint density at radius 2 is 2.20 bits per heavy atom. The van der Waals surface area contributed by atoms with E-state index in [0.29, 0.717) is 13.0 Å². The first kappa shape index (κ1) is 11.3. The molecule has 0 aromatic heterocycles. The fourth-order valence-corrected chi connectivity index (χ4v) is 1.19. The van der Waals surface area contributed by atoms with E-state index >= 15 is 0 Å². The van der Waals surface area contributed by atoms with Gasteiger partial charge in [0.15, 0.2) is 0 Å². The Labute approximate surface area is 89.5 Å². The zero-order valence-corrected chi connectivity index (χ0v) is 8.77. The van der Waals surface area contributed by atoms with Gasteiger partial charge in [0.25, 0.3) is 0 Å². The fraction of sp³-hybridized carbons (Fsp3) is 0.250. The van der Waals surface area contributed by atoms with Crippen LogP contribution < -0.4 is 5.73 Å². The third-order valence-electron chi connectivity index (χ3n) is 1.93. The summed E-state index contributed by atoms with van der Waals surface area (Å²) in [6.45, 7) is 2.18. The monoisotopic (exact) mass is 205 g/mol. The number of carbonyl (C=O) groups excluding carboxylic acids is 1. The first-order valence-corrected chi connectivity index (χ1v) is 4.90. The molecule has 0 spiro atoms. The Hall–Kier alpha value is -1.77. The molecule has 15 heavy (non-hydrogen) atoms. The van der Waals surface area contributed by atoms with Gasteiger partial charge in [0.1, 0.15) is 0 Å². The van der Waals surface area contributed by atoms with E-state index in [-0.39, 0.29) is 5.97 Å². The Morgan fingerprint density at radius 1 is 1.47 bits per heavy atom. The minimum absolute atomic E-state index is 0.313. The smallest absolute Gasteiger partial charge is 0.330 e. The summed E-state index contributed by atoms with van der Waals surface area (Å²) in [5.41, 5.74) is 7.50. The van der Waals surface area contributed by atoms with E-state index in [1.165, 1.54) is 6.08 Å². The van der Waals surface area contributed by atoms with Crippen molar-refractivity contribution in [3.05, 3.63) is 42.0 Å². The maximum absolute atomic E-state index is 11.0. The van der Waals surface area contributed by atoms with Crippen molar-refractivity contribution in [3.8, 4) is 0 Å². The minimum Gasteiger partial charge on any atom is -0.463 e. The number of esters is 1. The van der Waals surface area contributed by atoms with Crippen molar-refractivity contribution in [2.45, 2.75) is 13.3 Å². The summed E-state index contributed by atoms with van der Waals surface area (Å²) in [5.74, 6) is -0.313. The summed E-state index contributed by atoms with van der Waals surface area (Å²) in [6.07, 6.45) is 3.82. The largest absolute Gasteiger partial charge is 0.463 e. The van der Waals surface area contributed by atoms with Crippen LogP contribution in [0.25, 0.3) is 0 Å². The molecule has 0 heterocycles. The molecule has 0 saturated carbocycles. The lowest BCUT2D eigenvalue weighted by atomic mass is 10.1. The van der Waals surface area contributed by atoms with Crippen molar-refractivity contribution in [2.24, 2.45) is 0 Å². The first-order chi connectivity index (χ1) is 7.24. The highest BCUT2D eigenvalue weighted by molar-refractivity contribution is 5.81. The number of hydrogen-bond acceptors (Lipinski definition) is 3. The first-order valence-electron chi connectivity index (χ1n) is 4.90. The SMILES string of the molecule is CCOC(=O)C=CCc1ccccc1N. The molecule has 1 rings (SSSR count). The van der Waals surface area contributed by atoms with Crippen LogP contribution >= 0.6 is 0 Å². The molecule has 0 aliphatic rings. The number of ether oxygens (including phenoxy) is 1. The third-order valence-corrected chi connectivity index (χ3v) is 1.93. The average molecular weight is 205 g/mol. The molecule has 80 valence electrons. The molecule has 3 nitrogen and oxygen atoms in total. The second kappa shape index (κ2) is 5.86.